The van der Waals surface area contributed by atoms with Crippen LogP contribution in [-0.4, -0.2) is 30.0 Å². The number of pyridine rings is 2. The predicted molar refractivity (Wildman–Crippen MR) is 111 cm³/mol. The molecule has 0 bridgehead atoms. The molecule has 0 atom stereocenters. The summed E-state index contributed by atoms with van der Waals surface area (Å²) in [4.78, 5) is 9.12. The lowest BCUT2D eigenvalue weighted by Gasteiger charge is -2.14. The molecule has 0 radical (unpaired) electrons. The van der Waals surface area contributed by atoms with Crippen molar-refractivity contribution < 1.29 is 21.9 Å². The van der Waals surface area contributed by atoms with E-state index in [0.29, 0.717) is 38.8 Å². The number of fused-ring (bicyclic) bond motifs is 2. The summed E-state index contributed by atoms with van der Waals surface area (Å²) in [7, 11) is -3.05. The first kappa shape index (κ1) is 19.2. The van der Waals surface area contributed by atoms with Crippen LogP contribution in [-0.2, 0) is 10.4 Å². The van der Waals surface area contributed by atoms with E-state index in [1.165, 1.54) is 19.2 Å². The number of benzene rings is 2. The van der Waals surface area contributed by atoms with Crippen molar-refractivity contribution in [3.8, 4) is 11.6 Å². The summed E-state index contributed by atoms with van der Waals surface area (Å²) < 4.78 is 40.1. The van der Waals surface area contributed by atoms with Gasteiger partial charge >= 0.3 is 10.4 Å². The van der Waals surface area contributed by atoms with Crippen molar-refractivity contribution in [1.29, 1.82) is 0 Å². The third-order valence-corrected chi connectivity index (χ3v) is 4.73. The highest BCUT2D eigenvalue weighted by atomic mass is 35.5. The third-order valence-electron chi connectivity index (χ3n) is 4.09. The molecule has 8 nitrogen and oxygen atoms in total. The number of methoxy groups -OCH3 is 1. The summed E-state index contributed by atoms with van der Waals surface area (Å²) >= 11 is 6.12. The minimum atomic E-state index is -4.58. The van der Waals surface area contributed by atoms with Crippen LogP contribution in [0.1, 0.15) is 0 Å². The molecule has 0 fully saturated rings. The van der Waals surface area contributed by atoms with Crippen LogP contribution in [0.5, 0.6) is 11.6 Å². The molecule has 0 unspecified atom stereocenters. The van der Waals surface area contributed by atoms with Gasteiger partial charge in [0.15, 0.2) is 0 Å². The number of hydrogen-bond acceptors (Lipinski definition) is 7. The lowest BCUT2D eigenvalue weighted by molar-refractivity contribution is 0.387. The Hall–Kier alpha value is -3.14. The standard InChI is InChI=1S/C19H14ClN3O5S/c1-27-17-9-8-15-19(23-17)18(14-7-2-11(20)10-16(14)22-15)21-12-3-5-13(6-4-12)28-29(24,25)26/h2-10H,1H3,(H,21,22)(H,24,25,26). The molecule has 10 heteroatoms. The van der Waals surface area contributed by atoms with Crippen LogP contribution in [0.15, 0.2) is 54.6 Å². The molecule has 0 spiro atoms. The summed E-state index contributed by atoms with van der Waals surface area (Å²) in [5.41, 5.74) is 3.25. The van der Waals surface area contributed by atoms with E-state index in [9.17, 15) is 8.42 Å². The Morgan fingerprint density at radius 2 is 1.76 bits per heavy atom. The van der Waals surface area contributed by atoms with Gasteiger partial charge in [-0.25, -0.2) is 9.97 Å². The largest absolute Gasteiger partial charge is 0.481 e. The van der Waals surface area contributed by atoms with E-state index in [0.717, 1.165) is 5.39 Å². The van der Waals surface area contributed by atoms with Crippen molar-refractivity contribution in [3.63, 3.8) is 0 Å². The molecule has 0 aliphatic carbocycles. The average Bonchev–Trinajstić information content (AvgIpc) is 2.67. The van der Waals surface area contributed by atoms with Gasteiger partial charge in [-0.15, -0.1) is 0 Å². The van der Waals surface area contributed by atoms with Crippen LogP contribution in [0, 0.1) is 0 Å². The summed E-state index contributed by atoms with van der Waals surface area (Å²) in [6.07, 6.45) is 0. The molecule has 0 aliphatic rings. The van der Waals surface area contributed by atoms with Crippen molar-refractivity contribution in [2.45, 2.75) is 0 Å². The first-order chi connectivity index (χ1) is 13.8. The number of anilines is 2. The molecule has 0 aliphatic heterocycles. The van der Waals surface area contributed by atoms with Crippen molar-refractivity contribution in [1.82, 2.24) is 9.97 Å². The molecule has 4 aromatic rings. The Kier molecular flexibility index (Phi) is 4.87. The fourth-order valence-corrected chi connectivity index (χ4v) is 3.39. The molecule has 2 aromatic carbocycles. The van der Waals surface area contributed by atoms with E-state index in [2.05, 4.69) is 19.5 Å². The van der Waals surface area contributed by atoms with Crippen LogP contribution in [0.3, 0.4) is 0 Å². The number of hydrogen-bond donors (Lipinski definition) is 2. The molecule has 148 valence electrons. The second-order valence-electron chi connectivity index (χ2n) is 6.03. The summed E-state index contributed by atoms with van der Waals surface area (Å²) in [5, 5.41) is 4.63. The maximum atomic E-state index is 10.8. The lowest BCUT2D eigenvalue weighted by atomic mass is 10.1. The Labute approximate surface area is 171 Å². The molecule has 2 N–H and O–H groups in total. The van der Waals surface area contributed by atoms with Gasteiger partial charge in [-0.3, -0.25) is 4.55 Å². The van der Waals surface area contributed by atoms with Crippen LogP contribution in [0.4, 0.5) is 11.4 Å². The highest BCUT2D eigenvalue weighted by Gasteiger charge is 2.13. The van der Waals surface area contributed by atoms with Crippen molar-refractivity contribution in [2.24, 2.45) is 0 Å². The highest BCUT2D eigenvalue weighted by Crippen LogP contribution is 2.34. The predicted octanol–water partition coefficient (Wildman–Crippen LogP) is 4.37. The number of nitrogens with zero attached hydrogens (tertiary/aromatic N) is 2. The molecule has 2 heterocycles. The maximum Gasteiger partial charge on any atom is 0.446 e. The van der Waals surface area contributed by atoms with E-state index in [1.807, 2.05) is 6.07 Å². The fraction of sp³-hybridized carbons (Fsp3) is 0.0526. The molecule has 2 aromatic heterocycles. The zero-order valence-corrected chi connectivity index (χ0v) is 16.5. The van der Waals surface area contributed by atoms with Crippen molar-refractivity contribution in [3.05, 3.63) is 59.6 Å². The Balaban J connectivity index is 1.84. The maximum absolute atomic E-state index is 10.8. The second-order valence-corrected chi connectivity index (χ2v) is 7.49. The normalized spacial score (nSPS) is 11.6. The summed E-state index contributed by atoms with van der Waals surface area (Å²) in [6, 6.07) is 14.9. The smallest absolute Gasteiger partial charge is 0.446 e. The van der Waals surface area contributed by atoms with Gasteiger partial charge in [-0.1, -0.05) is 11.6 Å². The van der Waals surface area contributed by atoms with Crippen LogP contribution >= 0.6 is 11.6 Å². The number of aromatic nitrogens is 2. The van der Waals surface area contributed by atoms with Gasteiger partial charge in [0.1, 0.15) is 11.3 Å². The van der Waals surface area contributed by atoms with E-state index < -0.39 is 10.4 Å². The van der Waals surface area contributed by atoms with E-state index in [4.69, 9.17) is 20.9 Å². The average molecular weight is 432 g/mol. The van der Waals surface area contributed by atoms with Gasteiger partial charge < -0.3 is 14.2 Å². The van der Waals surface area contributed by atoms with Crippen molar-refractivity contribution in [2.75, 3.05) is 12.4 Å². The number of halogens is 1. The van der Waals surface area contributed by atoms with Gasteiger partial charge in [0.2, 0.25) is 5.88 Å². The second kappa shape index (κ2) is 7.36. The number of nitrogens with one attached hydrogen (secondary N) is 1. The molecule has 4 rings (SSSR count). The van der Waals surface area contributed by atoms with E-state index in [1.54, 1.807) is 36.4 Å². The number of ether oxygens (including phenoxy) is 1. The Bertz CT molecular complexity index is 1330. The van der Waals surface area contributed by atoms with Gasteiger partial charge in [-0.2, -0.15) is 8.42 Å². The summed E-state index contributed by atoms with van der Waals surface area (Å²) in [6.45, 7) is 0. The van der Waals surface area contributed by atoms with Gasteiger partial charge in [-0.05, 0) is 48.5 Å². The summed E-state index contributed by atoms with van der Waals surface area (Å²) in [5.74, 6) is 0.418. The SMILES string of the molecule is COc1ccc2nc3cc(Cl)ccc3c(Nc3ccc(OS(=O)(=O)O)cc3)c2n1. The van der Waals surface area contributed by atoms with E-state index >= 15 is 0 Å². The Morgan fingerprint density at radius 3 is 2.45 bits per heavy atom. The first-order valence-corrected chi connectivity index (χ1v) is 10.0. The topological polar surface area (TPSA) is 111 Å². The minimum Gasteiger partial charge on any atom is -0.481 e. The Morgan fingerprint density at radius 1 is 1.00 bits per heavy atom. The molecular formula is C19H14ClN3O5S. The zero-order valence-electron chi connectivity index (χ0n) is 15.0. The number of rotatable bonds is 5. The highest BCUT2D eigenvalue weighted by molar-refractivity contribution is 7.81. The molecule has 0 amide bonds. The van der Waals surface area contributed by atoms with Crippen molar-refractivity contribution >= 4 is 55.3 Å². The van der Waals surface area contributed by atoms with E-state index in [-0.39, 0.29) is 5.75 Å². The lowest BCUT2D eigenvalue weighted by Crippen LogP contribution is -2.06. The zero-order chi connectivity index (χ0) is 20.6. The molecule has 0 saturated carbocycles. The molecular weight excluding hydrogens is 418 g/mol. The van der Waals surface area contributed by atoms with Crippen LogP contribution in [0.2, 0.25) is 5.02 Å². The fourth-order valence-electron chi connectivity index (χ4n) is 2.87. The quantitative estimate of drug-likeness (QED) is 0.354. The molecule has 0 saturated heterocycles. The van der Waals surface area contributed by atoms with Gasteiger partial charge in [0.05, 0.1) is 23.8 Å². The molecule has 29 heavy (non-hydrogen) atoms. The van der Waals surface area contributed by atoms with Crippen LogP contribution in [0.25, 0.3) is 21.9 Å². The minimum absolute atomic E-state index is 0.0194. The first-order valence-electron chi connectivity index (χ1n) is 8.30. The third kappa shape index (κ3) is 4.16. The van der Waals surface area contributed by atoms with Gasteiger partial charge in [0, 0.05) is 22.2 Å². The van der Waals surface area contributed by atoms with Crippen LogP contribution < -0.4 is 14.2 Å². The van der Waals surface area contributed by atoms with Gasteiger partial charge in [0.25, 0.3) is 0 Å². The monoisotopic (exact) mass is 431 g/mol.